The van der Waals surface area contributed by atoms with Crippen LogP contribution in [0.25, 0.3) is 44.2 Å². The van der Waals surface area contributed by atoms with Crippen LogP contribution in [0, 0.1) is 0 Å². The van der Waals surface area contributed by atoms with Crippen molar-refractivity contribution in [2.75, 3.05) is 0 Å². The lowest BCUT2D eigenvalue weighted by molar-refractivity contribution is 0.669. The van der Waals surface area contributed by atoms with E-state index in [1.54, 1.807) is 0 Å². The second-order valence-corrected chi connectivity index (χ2v) is 8.37. The van der Waals surface area contributed by atoms with Crippen LogP contribution in [0.5, 0.6) is 0 Å². The van der Waals surface area contributed by atoms with Crippen LogP contribution in [-0.4, -0.2) is 0 Å². The van der Waals surface area contributed by atoms with E-state index >= 15 is 0 Å². The highest BCUT2D eigenvalue weighted by molar-refractivity contribution is 6.10. The van der Waals surface area contributed by atoms with Crippen LogP contribution in [0.15, 0.2) is 77.2 Å². The van der Waals surface area contributed by atoms with Crippen molar-refractivity contribution in [3.05, 3.63) is 95.1 Å². The molecule has 0 spiro atoms. The van der Waals surface area contributed by atoms with Gasteiger partial charge in [0.2, 0.25) is 0 Å². The Balaban J connectivity index is 1.62. The largest absolute Gasteiger partial charge is 0.455 e. The molecule has 146 valence electrons. The van der Waals surface area contributed by atoms with Gasteiger partial charge in [-0.1, -0.05) is 56.3 Å². The Labute approximate surface area is 177 Å². The topological polar surface area (TPSA) is 13.1 Å². The lowest BCUT2D eigenvalue weighted by Crippen LogP contribution is -1.87. The predicted octanol–water partition coefficient (Wildman–Crippen LogP) is 7.95. The molecule has 0 saturated carbocycles. The zero-order valence-corrected chi connectivity index (χ0v) is 17.5. The van der Waals surface area contributed by atoms with Gasteiger partial charge in [-0.05, 0) is 88.5 Å². The van der Waals surface area contributed by atoms with Crippen molar-refractivity contribution in [3.8, 4) is 22.3 Å². The number of benzene rings is 4. The molecule has 0 atom stereocenters. The molecular formula is C29H24O. The SMILES string of the molecule is CCc1ccc2oc3c(-c4ccc5c(c4)-c4ccccc4C5)cc(CC)cc3c2c1. The average Bonchev–Trinajstić information content (AvgIpc) is 3.35. The zero-order chi connectivity index (χ0) is 20.2. The van der Waals surface area contributed by atoms with Gasteiger partial charge in [-0.2, -0.15) is 0 Å². The zero-order valence-electron chi connectivity index (χ0n) is 17.5. The van der Waals surface area contributed by atoms with Crippen LogP contribution < -0.4 is 0 Å². The van der Waals surface area contributed by atoms with Gasteiger partial charge in [-0.3, -0.25) is 0 Å². The van der Waals surface area contributed by atoms with Crippen LogP contribution in [0.1, 0.15) is 36.1 Å². The number of aryl methyl sites for hydroxylation is 2. The van der Waals surface area contributed by atoms with Crippen molar-refractivity contribution in [2.24, 2.45) is 0 Å². The van der Waals surface area contributed by atoms with Crippen LogP contribution in [0.3, 0.4) is 0 Å². The van der Waals surface area contributed by atoms with Gasteiger partial charge in [0.15, 0.2) is 0 Å². The molecule has 1 aliphatic rings. The van der Waals surface area contributed by atoms with Gasteiger partial charge in [0, 0.05) is 16.3 Å². The van der Waals surface area contributed by atoms with Crippen LogP contribution in [-0.2, 0) is 19.3 Å². The normalized spacial score (nSPS) is 12.5. The summed E-state index contributed by atoms with van der Waals surface area (Å²) in [7, 11) is 0. The summed E-state index contributed by atoms with van der Waals surface area (Å²) in [5.74, 6) is 0. The minimum absolute atomic E-state index is 0.975. The first-order chi connectivity index (χ1) is 14.7. The van der Waals surface area contributed by atoms with Crippen molar-refractivity contribution in [1.82, 2.24) is 0 Å². The molecule has 0 fully saturated rings. The molecule has 6 rings (SSSR count). The van der Waals surface area contributed by atoms with Crippen LogP contribution >= 0.6 is 0 Å². The Morgan fingerprint density at radius 1 is 0.667 bits per heavy atom. The highest BCUT2D eigenvalue weighted by Crippen LogP contribution is 2.42. The molecule has 1 aliphatic carbocycles. The molecule has 1 nitrogen and oxygen atoms in total. The van der Waals surface area contributed by atoms with Gasteiger partial charge < -0.3 is 4.42 Å². The van der Waals surface area contributed by atoms with Gasteiger partial charge in [0.25, 0.3) is 0 Å². The van der Waals surface area contributed by atoms with E-state index in [2.05, 4.69) is 86.6 Å². The predicted molar refractivity (Wildman–Crippen MR) is 126 cm³/mol. The molecule has 0 amide bonds. The molecule has 1 aromatic heterocycles. The Morgan fingerprint density at radius 3 is 2.33 bits per heavy atom. The summed E-state index contributed by atoms with van der Waals surface area (Å²) >= 11 is 0. The second-order valence-electron chi connectivity index (χ2n) is 8.37. The van der Waals surface area contributed by atoms with E-state index in [0.717, 1.165) is 30.4 Å². The van der Waals surface area contributed by atoms with E-state index in [1.807, 2.05) is 0 Å². The fourth-order valence-corrected chi connectivity index (χ4v) is 4.91. The van der Waals surface area contributed by atoms with Gasteiger partial charge in [-0.15, -0.1) is 0 Å². The lowest BCUT2D eigenvalue weighted by Gasteiger charge is -2.09. The summed E-state index contributed by atoms with van der Waals surface area (Å²) < 4.78 is 6.43. The molecule has 1 heteroatoms. The monoisotopic (exact) mass is 388 g/mol. The highest BCUT2D eigenvalue weighted by Gasteiger charge is 2.20. The maximum absolute atomic E-state index is 6.43. The summed E-state index contributed by atoms with van der Waals surface area (Å²) in [6, 6.07) is 26.9. The number of hydrogen-bond donors (Lipinski definition) is 0. The molecule has 0 N–H and O–H groups in total. The summed E-state index contributed by atoms with van der Waals surface area (Å²) in [6.07, 6.45) is 3.07. The van der Waals surface area contributed by atoms with E-state index in [-0.39, 0.29) is 0 Å². The third-order valence-corrected chi connectivity index (χ3v) is 6.62. The fourth-order valence-electron chi connectivity index (χ4n) is 4.91. The minimum Gasteiger partial charge on any atom is -0.455 e. The standard InChI is InChI=1S/C29H24O/c1-3-18-9-12-28-26(13-18)27-15-19(4-2)14-25(29(27)30-28)22-11-10-21-16-20-7-5-6-8-23(20)24(21)17-22/h5-15,17H,3-4,16H2,1-2H3. The Morgan fingerprint density at radius 2 is 1.47 bits per heavy atom. The van der Waals surface area contributed by atoms with Crippen molar-refractivity contribution < 1.29 is 4.42 Å². The van der Waals surface area contributed by atoms with Crippen molar-refractivity contribution >= 4 is 21.9 Å². The van der Waals surface area contributed by atoms with E-state index in [4.69, 9.17) is 4.42 Å². The summed E-state index contributed by atoms with van der Waals surface area (Å²) in [4.78, 5) is 0. The number of furan rings is 1. The smallest absolute Gasteiger partial charge is 0.143 e. The van der Waals surface area contributed by atoms with E-state index in [9.17, 15) is 0 Å². The number of hydrogen-bond acceptors (Lipinski definition) is 1. The quantitative estimate of drug-likeness (QED) is 0.300. The fraction of sp³-hybridized carbons (Fsp3) is 0.172. The number of fused-ring (bicyclic) bond motifs is 6. The summed E-state index contributed by atoms with van der Waals surface area (Å²) in [5.41, 5.74) is 12.7. The van der Waals surface area contributed by atoms with Crippen LogP contribution in [0.2, 0.25) is 0 Å². The maximum Gasteiger partial charge on any atom is 0.143 e. The summed E-state index contributed by atoms with van der Waals surface area (Å²) in [6.45, 7) is 4.43. The van der Waals surface area contributed by atoms with E-state index in [1.165, 1.54) is 55.3 Å². The molecule has 5 aromatic rings. The van der Waals surface area contributed by atoms with Crippen LogP contribution in [0.4, 0.5) is 0 Å². The third-order valence-electron chi connectivity index (χ3n) is 6.62. The van der Waals surface area contributed by atoms with Gasteiger partial charge in [-0.25, -0.2) is 0 Å². The van der Waals surface area contributed by atoms with E-state index in [0.29, 0.717) is 0 Å². The first kappa shape index (κ1) is 17.5. The van der Waals surface area contributed by atoms with Gasteiger partial charge >= 0.3 is 0 Å². The Hall–Kier alpha value is -3.32. The molecule has 30 heavy (non-hydrogen) atoms. The third kappa shape index (κ3) is 2.55. The lowest BCUT2D eigenvalue weighted by atomic mass is 9.95. The minimum atomic E-state index is 0.975. The second kappa shape index (κ2) is 6.60. The maximum atomic E-state index is 6.43. The molecule has 1 heterocycles. The molecule has 0 radical (unpaired) electrons. The summed E-state index contributed by atoms with van der Waals surface area (Å²) in [5, 5.41) is 2.46. The molecular weight excluding hydrogens is 364 g/mol. The molecule has 4 aromatic carbocycles. The first-order valence-corrected chi connectivity index (χ1v) is 10.9. The van der Waals surface area contributed by atoms with Gasteiger partial charge in [0.05, 0.1) is 0 Å². The Bertz CT molecular complexity index is 1430. The van der Waals surface area contributed by atoms with Crippen molar-refractivity contribution in [2.45, 2.75) is 33.1 Å². The molecule has 0 aliphatic heterocycles. The molecule has 0 unspecified atom stereocenters. The van der Waals surface area contributed by atoms with E-state index < -0.39 is 0 Å². The molecule has 0 saturated heterocycles. The first-order valence-electron chi connectivity index (χ1n) is 10.9. The number of rotatable bonds is 3. The van der Waals surface area contributed by atoms with Crippen molar-refractivity contribution in [3.63, 3.8) is 0 Å². The Kier molecular flexibility index (Phi) is 3.86. The van der Waals surface area contributed by atoms with Crippen molar-refractivity contribution in [1.29, 1.82) is 0 Å². The molecule has 0 bridgehead atoms. The average molecular weight is 389 g/mol. The highest BCUT2D eigenvalue weighted by atomic mass is 16.3. The van der Waals surface area contributed by atoms with Gasteiger partial charge in [0.1, 0.15) is 11.2 Å².